The largest absolute Gasteiger partial charge is 0.497 e. The maximum absolute atomic E-state index is 14.0. The van der Waals surface area contributed by atoms with Gasteiger partial charge in [0, 0.05) is 0 Å². The lowest BCUT2D eigenvalue weighted by atomic mass is 10.3. The number of hydrogen-bond donors (Lipinski definition) is 2. The lowest BCUT2D eigenvalue weighted by Gasteiger charge is -2.24. The summed E-state index contributed by atoms with van der Waals surface area (Å²) in [6, 6.07) is 11.1. The van der Waals surface area contributed by atoms with Crippen molar-refractivity contribution >= 4 is 21.5 Å². The number of nitrogens with one attached hydrogen (secondary N) is 1. The molecule has 0 aliphatic rings. The molecule has 3 N–H and O–H groups in total. The van der Waals surface area contributed by atoms with Crippen LogP contribution in [0, 0.1) is 11.2 Å². The van der Waals surface area contributed by atoms with Gasteiger partial charge < -0.3 is 10.5 Å². The molecule has 0 aromatic heterocycles. The topological polar surface area (TPSA) is 96.5 Å². The molecule has 0 aliphatic carbocycles. The van der Waals surface area contributed by atoms with E-state index in [1.165, 1.54) is 49.6 Å². The van der Waals surface area contributed by atoms with Gasteiger partial charge in [0.1, 0.15) is 17.4 Å². The number of ether oxygens (including phenoxy) is 1. The van der Waals surface area contributed by atoms with Crippen molar-refractivity contribution in [1.82, 2.24) is 0 Å². The van der Waals surface area contributed by atoms with E-state index in [0.717, 1.165) is 10.4 Å². The molecule has 23 heavy (non-hydrogen) atoms. The fourth-order valence-corrected chi connectivity index (χ4v) is 3.43. The number of methoxy groups -OCH3 is 1. The molecule has 2 aromatic rings. The second-order valence-electron chi connectivity index (χ2n) is 4.66. The van der Waals surface area contributed by atoms with Crippen LogP contribution in [-0.2, 0) is 10.0 Å². The lowest BCUT2D eigenvalue weighted by molar-refractivity contribution is 0.414. The van der Waals surface area contributed by atoms with Crippen LogP contribution in [0.15, 0.2) is 53.4 Å². The van der Waals surface area contributed by atoms with E-state index in [9.17, 15) is 12.8 Å². The van der Waals surface area contributed by atoms with Gasteiger partial charge in [-0.2, -0.15) is 0 Å². The molecule has 0 fully saturated rings. The summed E-state index contributed by atoms with van der Waals surface area (Å²) in [6.07, 6.45) is 0. The highest BCUT2D eigenvalue weighted by atomic mass is 32.2. The van der Waals surface area contributed by atoms with Gasteiger partial charge in [-0.15, -0.1) is 0 Å². The number of nitrogens with two attached hydrogens (primary N) is 1. The first-order valence-corrected chi connectivity index (χ1v) is 8.04. The fourth-order valence-electron chi connectivity index (χ4n) is 1.98. The zero-order valence-corrected chi connectivity index (χ0v) is 13.2. The molecule has 0 spiro atoms. The first kappa shape index (κ1) is 16.8. The van der Waals surface area contributed by atoms with E-state index in [-0.39, 0.29) is 10.6 Å². The van der Waals surface area contributed by atoms with E-state index in [2.05, 4.69) is 0 Å². The van der Waals surface area contributed by atoms with Gasteiger partial charge >= 0.3 is 0 Å². The summed E-state index contributed by atoms with van der Waals surface area (Å²) in [5.41, 5.74) is 5.17. The van der Waals surface area contributed by atoms with E-state index < -0.39 is 28.2 Å². The Bertz CT molecular complexity index is 807. The molecule has 0 bridgehead atoms. The average Bonchev–Trinajstić information content (AvgIpc) is 2.53. The smallest absolute Gasteiger partial charge is 0.264 e. The Kier molecular flexibility index (Phi) is 4.85. The SMILES string of the molecule is COc1ccc(S(=O)(=O)N(CC(=N)N)c2ccccc2F)cc1. The number of para-hydroxylation sites is 1. The quantitative estimate of drug-likeness (QED) is 0.622. The number of rotatable bonds is 6. The number of sulfonamides is 1. The Labute approximate surface area is 133 Å². The van der Waals surface area contributed by atoms with Crippen LogP contribution in [0.1, 0.15) is 0 Å². The fraction of sp³-hybridized carbons (Fsp3) is 0.133. The number of benzene rings is 2. The molecule has 0 amide bonds. The molecule has 122 valence electrons. The molecule has 0 unspecified atom stereocenters. The number of nitrogens with zero attached hydrogens (tertiary/aromatic N) is 1. The van der Waals surface area contributed by atoms with Gasteiger partial charge in [-0.05, 0) is 36.4 Å². The zero-order chi connectivity index (χ0) is 17.0. The van der Waals surface area contributed by atoms with Crippen LogP contribution in [0.25, 0.3) is 0 Å². The van der Waals surface area contributed by atoms with Gasteiger partial charge in [0.2, 0.25) is 0 Å². The predicted octanol–water partition coefficient (Wildman–Crippen LogP) is 1.97. The van der Waals surface area contributed by atoms with Crippen molar-refractivity contribution in [2.24, 2.45) is 5.73 Å². The Morgan fingerprint density at radius 2 is 1.83 bits per heavy atom. The van der Waals surface area contributed by atoms with Crippen LogP contribution in [0.5, 0.6) is 5.75 Å². The summed E-state index contributed by atoms with van der Waals surface area (Å²) >= 11 is 0. The Morgan fingerprint density at radius 1 is 1.22 bits per heavy atom. The van der Waals surface area contributed by atoms with E-state index in [1.807, 2.05) is 0 Å². The Hall–Kier alpha value is -2.61. The van der Waals surface area contributed by atoms with Crippen molar-refractivity contribution in [3.63, 3.8) is 0 Å². The Balaban J connectivity index is 2.53. The number of halogens is 1. The predicted molar refractivity (Wildman–Crippen MR) is 85.8 cm³/mol. The monoisotopic (exact) mass is 337 g/mol. The highest BCUT2D eigenvalue weighted by molar-refractivity contribution is 7.92. The van der Waals surface area contributed by atoms with Gasteiger partial charge in [0.05, 0.1) is 24.2 Å². The summed E-state index contributed by atoms with van der Waals surface area (Å²) in [7, 11) is -2.62. The van der Waals surface area contributed by atoms with Gasteiger partial charge in [0.15, 0.2) is 0 Å². The summed E-state index contributed by atoms with van der Waals surface area (Å²) < 4.78 is 45.3. The molecule has 2 rings (SSSR count). The van der Waals surface area contributed by atoms with Gasteiger partial charge in [0.25, 0.3) is 10.0 Å². The first-order chi connectivity index (χ1) is 10.9. The van der Waals surface area contributed by atoms with Gasteiger partial charge in [-0.3, -0.25) is 9.71 Å². The molecular weight excluding hydrogens is 321 g/mol. The molecule has 6 nitrogen and oxygen atoms in total. The third kappa shape index (κ3) is 3.59. The van der Waals surface area contributed by atoms with Crippen molar-refractivity contribution in [2.45, 2.75) is 4.90 Å². The second kappa shape index (κ2) is 6.66. The molecule has 0 atom stereocenters. The van der Waals surface area contributed by atoms with Crippen LogP contribution in [0.2, 0.25) is 0 Å². The number of anilines is 1. The van der Waals surface area contributed by atoms with Crippen LogP contribution >= 0.6 is 0 Å². The highest BCUT2D eigenvalue weighted by Crippen LogP contribution is 2.26. The van der Waals surface area contributed by atoms with E-state index in [1.54, 1.807) is 0 Å². The van der Waals surface area contributed by atoms with Crippen molar-refractivity contribution < 1.29 is 17.5 Å². The molecule has 0 aliphatic heterocycles. The number of hydrogen-bond acceptors (Lipinski definition) is 4. The average molecular weight is 337 g/mol. The van der Waals surface area contributed by atoms with Gasteiger partial charge in [-0.1, -0.05) is 12.1 Å². The van der Waals surface area contributed by atoms with E-state index in [4.69, 9.17) is 15.9 Å². The van der Waals surface area contributed by atoms with Crippen LogP contribution in [0.4, 0.5) is 10.1 Å². The summed E-state index contributed by atoms with van der Waals surface area (Å²) in [5, 5.41) is 7.38. The minimum Gasteiger partial charge on any atom is -0.497 e. The Morgan fingerprint density at radius 3 is 2.35 bits per heavy atom. The van der Waals surface area contributed by atoms with E-state index in [0.29, 0.717) is 5.75 Å². The third-order valence-corrected chi connectivity index (χ3v) is 4.86. The maximum Gasteiger partial charge on any atom is 0.264 e. The summed E-state index contributed by atoms with van der Waals surface area (Å²) in [5.74, 6) is -0.621. The minimum atomic E-state index is -4.08. The molecule has 0 radical (unpaired) electrons. The number of amidine groups is 1. The van der Waals surface area contributed by atoms with Gasteiger partial charge in [-0.25, -0.2) is 12.8 Å². The molecule has 0 saturated carbocycles. The summed E-state index contributed by atoms with van der Waals surface area (Å²) in [6.45, 7) is -0.449. The van der Waals surface area contributed by atoms with Crippen LogP contribution < -0.4 is 14.8 Å². The third-order valence-electron chi connectivity index (χ3n) is 3.08. The van der Waals surface area contributed by atoms with E-state index >= 15 is 0 Å². The molecule has 0 saturated heterocycles. The van der Waals surface area contributed by atoms with Crippen molar-refractivity contribution in [3.8, 4) is 5.75 Å². The van der Waals surface area contributed by atoms with Crippen molar-refractivity contribution in [2.75, 3.05) is 18.0 Å². The normalized spacial score (nSPS) is 11.0. The van der Waals surface area contributed by atoms with Crippen molar-refractivity contribution in [1.29, 1.82) is 5.41 Å². The molecule has 0 heterocycles. The highest BCUT2D eigenvalue weighted by Gasteiger charge is 2.27. The zero-order valence-electron chi connectivity index (χ0n) is 12.4. The second-order valence-corrected chi connectivity index (χ2v) is 6.53. The van der Waals surface area contributed by atoms with Crippen molar-refractivity contribution in [3.05, 3.63) is 54.3 Å². The molecule has 2 aromatic carbocycles. The standard InChI is InChI=1S/C15H16FN3O3S/c1-22-11-6-8-12(9-7-11)23(20,21)19(10-15(17)18)14-5-3-2-4-13(14)16/h2-9H,10H2,1H3,(H3,17,18). The minimum absolute atomic E-state index is 0.0530. The molecule has 8 heteroatoms. The first-order valence-electron chi connectivity index (χ1n) is 6.60. The van der Waals surface area contributed by atoms with Crippen LogP contribution in [0.3, 0.4) is 0 Å². The molecular formula is C15H16FN3O3S. The lowest BCUT2D eigenvalue weighted by Crippen LogP contribution is -2.38. The van der Waals surface area contributed by atoms with Crippen LogP contribution in [-0.4, -0.2) is 27.9 Å². The maximum atomic E-state index is 14.0. The summed E-state index contributed by atoms with van der Waals surface area (Å²) in [4.78, 5) is -0.0530.